The molecule has 0 unspecified atom stereocenters. The van der Waals surface area contributed by atoms with Gasteiger partial charge in [0, 0.05) is 17.3 Å². The Labute approximate surface area is 165 Å². The predicted octanol–water partition coefficient (Wildman–Crippen LogP) is 3.52. The van der Waals surface area contributed by atoms with Crippen LogP contribution in [-0.2, 0) is 9.53 Å². The lowest BCUT2D eigenvalue weighted by Gasteiger charge is -2.04. The number of pyridine rings is 1. The van der Waals surface area contributed by atoms with Crippen LogP contribution in [0.4, 0.5) is 0 Å². The minimum atomic E-state index is -0.494. The average molecular weight is 401 g/mol. The molecule has 28 heavy (non-hydrogen) atoms. The maximum atomic E-state index is 12.1. The molecule has 0 aliphatic rings. The second-order valence-corrected chi connectivity index (χ2v) is 6.90. The number of ketones is 1. The molecule has 9 heteroatoms. The van der Waals surface area contributed by atoms with E-state index in [1.54, 1.807) is 29.8 Å². The highest BCUT2D eigenvalue weighted by molar-refractivity contribution is 7.17. The number of methoxy groups -OCH3 is 1. The van der Waals surface area contributed by atoms with E-state index in [0.29, 0.717) is 21.7 Å². The third kappa shape index (κ3) is 3.48. The van der Waals surface area contributed by atoms with Crippen LogP contribution in [0.3, 0.4) is 0 Å². The number of rotatable bonds is 6. The standard InChI is InChI=1S/C19H19N3O5S/c1-5-27-19(25)16-17(26-4)21-18(28-16)12-6-7-22-14(8-12)13(9-20-22)15(10(2)23)11(3)24/h6-9,23H,5H2,1-4H3/b15-10+. The van der Waals surface area contributed by atoms with E-state index >= 15 is 0 Å². The van der Waals surface area contributed by atoms with Gasteiger partial charge < -0.3 is 14.6 Å². The van der Waals surface area contributed by atoms with E-state index in [9.17, 15) is 14.7 Å². The number of hydrogen-bond acceptors (Lipinski definition) is 8. The number of fused-ring (bicyclic) bond motifs is 1. The minimum absolute atomic E-state index is 0.0756. The Morgan fingerprint density at radius 1 is 1.32 bits per heavy atom. The first-order valence-corrected chi connectivity index (χ1v) is 9.29. The summed E-state index contributed by atoms with van der Waals surface area (Å²) in [5.41, 5.74) is 2.06. The normalized spacial score (nSPS) is 12.0. The van der Waals surface area contributed by atoms with Gasteiger partial charge in [0.15, 0.2) is 10.7 Å². The van der Waals surface area contributed by atoms with Crippen molar-refractivity contribution in [1.29, 1.82) is 0 Å². The fraction of sp³-hybridized carbons (Fsp3) is 0.263. The van der Waals surface area contributed by atoms with Crippen LogP contribution in [0.5, 0.6) is 5.88 Å². The number of esters is 1. The second kappa shape index (κ2) is 7.81. The van der Waals surface area contributed by atoms with Crippen molar-refractivity contribution >= 4 is 34.2 Å². The molecule has 146 valence electrons. The first-order chi connectivity index (χ1) is 13.4. The lowest BCUT2D eigenvalue weighted by atomic mass is 10.0. The number of carbonyl (C=O) groups excluding carboxylic acids is 2. The van der Waals surface area contributed by atoms with Crippen molar-refractivity contribution in [3.63, 3.8) is 0 Å². The largest absolute Gasteiger partial charge is 0.512 e. The maximum absolute atomic E-state index is 12.1. The monoisotopic (exact) mass is 401 g/mol. The highest BCUT2D eigenvalue weighted by Gasteiger charge is 2.22. The van der Waals surface area contributed by atoms with Crippen LogP contribution < -0.4 is 4.74 Å². The van der Waals surface area contributed by atoms with Crippen LogP contribution in [0.15, 0.2) is 30.3 Å². The molecule has 0 saturated carbocycles. The van der Waals surface area contributed by atoms with Crippen LogP contribution >= 0.6 is 11.3 Å². The predicted molar refractivity (Wildman–Crippen MR) is 105 cm³/mol. The first kappa shape index (κ1) is 19.6. The van der Waals surface area contributed by atoms with E-state index in [2.05, 4.69) is 10.1 Å². The third-order valence-corrected chi connectivity index (χ3v) is 5.07. The summed E-state index contributed by atoms with van der Waals surface area (Å²) >= 11 is 1.15. The molecular formula is C19H19N3O5S. The quantitative estimate of drug-likeness (QED) is 0.383. The van der Waals surface area contributed by atoms with Gasteiger partial charge in [-0.25, -0.2) is 14.3 Å². The second-order valence-electron chi connectivity index (χ2n) is 5.90. The van der Waals surface area contributed by atoms with Crippen molar-refractivity contribution in [3.05, 3.63) is 40.7 Å². The summed E-state index contributed by atoms with van der Waals surface area (Å²) in [5, 5.41) is 14.7. The van der Waals surface area contributed by atoms with Crippen molar-refractivity contribution < 1.29 is 24.2 Å². The van der Waals surface area contributed by atoms with Crippen molar-refractivity contribution in [2.24, 2.45) is 0 Å². The Kier molecular flexibility index (Phi) is 5.46. The number of aliphatic hydroxyl groups is 1. The highest BCUT2D eigenvalue weighted by Crippen LogP contribution is 2.34. The van der Waals surface area contributed by atoms with Gasteiger partial charge in [-0.15, -0.1) is 11.3 Å². The van der Waals surface area contributed by atoms with Gasteiger partial charge in [-0.1, -0.05) is 0 Å². The number of allylic oxidation sites excluding steroid dienone is 2. The molecule has 0 spiro atoms. The smallest absolute Gasteiger partial charge is 0.354 e. The van der Waals surface area contributed by atoms with Crippen LogP contribution in [-0.4, -0.2) is 45.2 Å². The summed E-state index contributed by atoms with van der Waals surface area (Å²) in [6.45, 7) is 4.83. The molecule has 3 heterocycles. The first-order valence-electron chi connectivity index (χ1n) is 8.48. The van der Waals surface area contributed by atoms with E-state index in [1.807, 2.05) is 0 Å². The van der Waals surface area contributed by atoms with E-state index in [1.165, 1.54) is 27.2 Å². The van der Waals surface area contributed by atoms with Gasteiger partial charge in [0.25, 0.3) is 0 Å². The van der Waals surface area contributed by atoms with Gasteiger partial charge in [0.2, 0.25) is 5.88 Å². The van der Waals surface area contributed by atoms with Gasteiger partial charge in [-0.05, 0) is 32.9 Å². The molecule has 0 aromatic carbocycles. The number of ether oxygens (including phenoxy) is 2. The number of aromatic nitrogens is 3. The molecular weight excluding hydrogens is 382 g/mol. The van der Waals surface area contributed by atoms with Gasteiger partial charge in [0.1, 0.15) is 10.8 Å². The zero-order chi connectivity index (χ0) is 20.4. The molecule has 0 aliphatic carbocycles. The molecule has 0 amide bonds. The lowest BCUT2D eigenvalue weighted by molar-refractivity contribution is -0.111. The molecule has 0 aliphatic heterocycles. The van der Waals surface area contributed by atoms with Crippen LogP contribution in [0.1, 0.15) is 36.0 Å². The SMILES string of the molecule is CCOC(=O)c1sc(-c2ccn3ncc(/C(C(C)=O)=C(\C)O)c3c2)nc1OC. The number of nitrogens with zero attached hydrogens (tertiary/aromatic N) is 3. The Balaban J connectivity index is 2.13. The Morgan fingerprint density at radius 2 is 2.07 bits per heavy atom. The van der Waals surface area contributed by atoms with Gasteiger partial charge in [0.05, 0.1) is 31.0 Å². The molecule has 8 nitrogen and oxygen atoms in total. The zero-order valence-corrected chi connectivity index (χ0v) is 16.7. The fourth-order valence-electron chi connectivity index (χ4n) is 2.84. The summed E-state index contributed by atoms with van der Waals surface area (Å²) in [6, 6.07) is 3.58. The van der Waals surface area contributed by atoms with Crippen molar-refractivity contribution in [2.45, 2.75) is 20.8 Å². The molecule has 0 bridgehead atoms. The number of Topliss-reactive ketones (excluding diaryl/α,β-unsaturated/α-hetero) is 1. The van der Waals surface area contributed by atoms with Crippen LogP contribution in [0.25, 0.3) is 21.7 Å². The molecule has 0 radical (unpaired) electrons. The lowest BCUT2D eigenvalue weighted by Crippen LogP contribution is -2.04. The molecule has 3 rings (SSSR count). The van der Waals surface area contributed by atoms with Crippen LogP contribution in [0.2, 0.25) is 0 Å². The number of carbonyl (C=O) groups is 2. The fourth-order valence-corrected chi connectivity index (χ4v) is 3.76. The third-order valence-electron chi connectivity index (χ3n) is 4.00. The topological polar surface area (TPSA) is 103 Å². The van der Waals surface area contributed by atoms with Gasteiger partial charge >= 0.3 is 5.97 Å². The summed E-state index contributed by atoms with van der Waals surface area (Å²) in [7, 11) is 1.44. The summed E-state index contributed by atoms with van der Waals surface area (Å²) in [5.74, 6) is -0.636. The van der Waals surface area contributed by atoms with Crippen molar-refractivity contribution in [3.8, 4) is 16.5 Å². The molecule has 1 N–H and O–H groups in total. The summed E-state index contributed by atoms with van der Waals surface area (Å²) in [4.78, 5) is 28.7. The van der Waals surface area contributed by atoms with E-state index < -0.39 is 5.97 Å². The minimum Gasteiger partial charge on any atom is -0.512 e. The van der Waals surface area contributed by atoms with E-state index in [0.717, 1.165) is 11.3 Å². The average Bonchev–Trinajstić information content (AvgIpc) is 3.25. The number of thiazole rings is 1. The van der Waals surface area contributed by atoms with E-state index in [4.69, 9.17) is 9.47 Å². The molecule has 0 atom stereocenters. The van der Waals surface area contributed by atoms with E-state index in [-0.39, 0.29) is 34.5 Å². The molecule has 0 saturated heterocycles. The molecule has 3 aromatic heterocycles. The van der Waals surface area contributed by atoms with Gasteiger partial charge in [-0.3, -0.25) is 4.79 Å². The Morgan fingerprint density at radius 3 is 2.68 bits per heavy atom. The Bertz CT molecular complexity index is 1090. The van der Waals surface area contributed by atoms with Crippen LogP contribution in [0, 0.1) is 0 Å². The molecule has 3 aromatic rings. The Hall–Kier alpha value is -3.20. The van der Waals surface area contributed by atoms with Gasteiger partial charge in [-0.2, -0.15) is 5.10 Å². The number of aliphatic hydroxyl groups excluding tert-OH is 1. The van der Waals surface area contributed by atoms with Crippen molar-refractivity contribution in [1.82, 2.24) is 14.6 Å². The summed E-state index contributed by atoms with van der Waals surface area (Å²) < 4.78 is 11.9. The van der Waals surface area contributed by atoms with Crippen molar-refractivity contribution in [2.75, 3.05) is 13.7 Å². The molecule has 0 fully saturated rings. The zero-order valence-electron chi connectivity index (χ0n) is 15.8. The summed E-state index contributed by atoms with van der Waals surface area (Å²) in [6.07, 6.45) is 3.25. The maximum Gasteiger partial charge on any atom is 0.354 e. The number of hydrogen-bond donors (Lipinski definition) is 1. The highest BCUT2D eigenvalue weighted by atomic mass is 32.1.